The molecule has 0 aliphatic carbocycles. The second kappa shape index (κ2) is 6.75. The van der Waals surface area contributed by atoms with Crippen LogP contribution in [0.15, 0.2) is 36.7 Å². The Morgan fingerprint density at radius 3 is 2.75 bits per heavy atom. The van der Waals surface area contributed by atoms with Crippen molar-refractivity contribution in [2.75, 3.05) is 6.61 Å². The van der Waals surface area contributed by atoms with Gasteiger partial charge < -0.3 is 15.0 Å². The van der Waals surface area contributed by atoms with Gasteiger partial charge in [0, 0.05) is 12.4 Å². The van der Waals surface area contributed by atoms with E-state index in [1.54, 1.807) is 12.4 Å². The number of hydrogen-bond donors (Lipinski definition) is 2. The number of aromatic amines is 1. The molecule has 2 N–H and O–H groups in total. The third-order valence-electron chi connectivity index (χ3n) is 2.98. The summed E-state index contributed by atoms with van der Waals surface area (Å²) in [6.07, 6.45) is 4.18. The smallest absolute Gasteiger partial charge is 0.258 e. The van der Waals surface area contributed by atoms with Crippen LogP contribution in [0.1, 0.15) is 30.8 Å². The quantitative estimate of drug-likeness (QED) is 0.849. The maximum Gasteiger partial charge on any atom is 0.258 e. The number of H-pyrrole nitrogens is 1. The van der Waals surface area contributed by atoms with Crippen LogP contribution in [0.4, 0.5) is 0 Å². The highest BCUT2D eigenvalue weighted by molar-refractivity contribution is 5.77. The Morgan fingerprint density at radius 1 is 1.40 bits per heavy atom. The lowest BCUT2D eigenvalue weighted by atomic mass is 10.2. The number of benzene rings is 1. The molecular weight excluding hydrogens is 254 g/mol. The number of imidazole rings is 1. The number of carbonyl (C=O) groups is 1. The van der Waals surface area contributed by atoms with E-state index < -0.39 is 0 Å². The minimum Gasteiger partial charge on any atom is -0.484 e. The van der Waals surface area contributed by atoms with Crippen molar-refractivity contribution in [1.29, 1.82) is 0 Å². The van der Waals surface area contributed by atoms with Crippen molar-refractivity contribution in [2.45, 2.75) is 26.3 Å². The highest BCUT2D eigenvalue weighted by atomic mass is 16.5. The van der Waals surface area contributed by atoms with Crippen LogP contribution in [0, 0.1) is 6.92 Å². The monoisotopic (exact) mass is 273 g/mol. The van der Waals surface area contributed by atoms with Crippen molar-refractivity contribution < 1.29 is 9.53 Å². The third kappa shape index (κ3) is 3.85. The Bertz CT molecular complexity index is 535. The number of nitrogens with one attached hydrogen (secondary N) is 2. The molecule has 1 atom stereocenters. The van der Waals surface area contributed by atoms with Gasteiger partial charge in [-0.25, -0.2) is 4.98 Å². The number of aryl methyl sites for hydroxylation is 1. The predicted molar refractivity (Wildman–Crippen MR) is 76.4 cm³/mol. The van der Waals surface area contributed by atoms with Gasteiger partial charge in [-0.3, -0.25) is 4.79 Å². The minimum atomic E-state index is -0.158. The van der Waals surface area contributed by atoms with Crippen LogP contribution in [-0.2, 0) is 4.79 Å². The first-order valence-corrected chi connectivity index (χ1v) is 6.67. The first kappa shape index (κ1) is 14.1. The number of carbonyl (C=O) groups excluding carboxylic acids is 1. The van der Waals surface area contributed by atoms with Gasteiger partial charge in [0.15, 0.2) is 6.61 Å². The number of amides is 1. The molecule has 1 heterocycles. The summed E-state index contributed by atoms with van der Waals surface area (Å²) in [6, 6.07) is 7.49. The van der Waals surface area contributed by atoms with Gasteiger partial charge in [-0.2, -0.15) is 0 Å². The van der Waals surface area contributed by atoms with Crippen LogP contribution < -0.4 is 10.1 Å². The van der Waals surface area contributed by atoms with Crippen molar-refractivity contribution in [3.05, 3.63) is 48.0 Å². The SMILES string of the molecule is CCC(NC(=O)COc1ccc(C)cc1)c1ncc[nH]1. The van der Waals surface area contributed by atoms with Gasteiger partial charge in [-0.15, -0.1) is 0 Å². The van der Waals surface area contributed by atoms with E-state index in [4.69, 9.17) is 4.74 Å². The normalized spacial score (nSPS) is 11.9. The molecule has 0 aliphatic rings. The number of rotatable bonds is 6. The summed E-state index contributed by atoms with van der Waals surface area (Å²) in [5.74, 6) is 1.29. The molecule has 0 bridgehead atoms. The molecule has 0 saturated heterocycles. The fraction of sp³-hybridized carbons (Fsp3) is 0.333. The Kier molecular flexibility index (Phi) is 4.76. The molecule has 0 saturated carbocycles. The van der Waals surface area contributed by atoms with E-state index in [0.29, 0.717) is 5.75 Å². The van der Waals surface area contributed by atoms with Crippen molar-refractivity contribution in [2.24, 2.45) is 0 Å². The summed E-state index contributed by atoms with van der Waals surface area (Å²) < 4.78 is 5.44. The molecule has 0 aliphatic heterocycles. The Morgan fingerprint density at radius 2 is 2.15 bits per heavy atom. The standard InChI is InChI=1S/C15H19N3O2/c1-3-13(15-16-8-9-17-15)18-14(19)10-20-12-6-4-11(2)5-7-12/h4-9,13H,3,10H2,1-2H3,(H,16,17)(H,18,19). The largest absolute Gasteiger partial charge is 0.484 e. The van der Waals surface area contributed by atoms with E-state index in [1.165, 1.54) is 0 Å². The molecular formula is C15H19N3O2. The van der Waals surface area contributed by atoms with E-state index in [2.05, 4.69) is 15.3 Å². The van der Waals surface area contributed by atoms with Crippen LogP contribution in [0.3, 0.4) is 0 Å². The second-order valence-electron chi connectivity index (χ2n) is 4.60. The molecule has 0 spiro atoms. The second-order valence-corrected chi connectivity index (χ2v) is 4.60. The first-order valence-electron chi connectivity index (χ1n) is 6.67. The minimum absolute atomic E-state index is 0.000267. The maximum atomic E-state index is 11.9. The number of ether oxygens (including phenoxy) is 1. The van der Waals surface area contributed by atoms with Gasteiger partial charge in [0.1, 0.15) is 11.6 Å². The first-order chi connectivity index (χ1) is 9.69. The molecule has 1 aromatic heterocycles. The van der Waals surface area contributed by atoms with E-state index in [0.717, 1.165) is 17.8 Å². The molecule has 1 aromatic carbocycles. The van der Waals surface area contributed by atoms with Crippen LogP contribution in [0.2, 0.25) is 0 Å². The maximum absolute atomic E-state index is 11.9. The molecule has 106 valence electrons. The molecule has 1 unspecified atom stereocenters. The zero-order chi connectivity index (χ0) is 14.4. The predicted octanol–water partition coefficient (Wildman–Crippen LogP) is 2.36. The highest BCUT2D eigenvalue weighted by Crippen LogP contribution is 2.13. The molecule has 2 rings (SSSR count). The van der Waals surface area contributed by atoms with E-state index in [-0.39, 0.29) is 18.6 Å². The Balaban J connectivity index is 1.84. The zero-order valence-corrected chi connectivity index (χ0v) is 11.7. The molecule has 0 fully saturated rings. The summed E-state index contributed by atoms with van der Waals surface area (Å²) in [7, 11) is 0. The fourth-order valence-electron chi connectivity index (χ4n) is 1.85. The average molecular weight is 273 g/mol. The van der Waals surface area contributed by atoms with Crippen LogP contribution in [0.25, 0.3) is 0 Å². The van der Waals surface area contributed by atoms with Crippen LogP contribution in [-0.4, -0.2) is 22.5 Å². The van der Waals surface area contributed by atoms with Gasteiger partial charge in [-0.05, 0) is 25.5 Å². The molecule has 5 nitrogen and oxygen atoms in total. The van der Waals surface area contributed by atoms with Crippen molar-refractivity contribution in [3.8, 4) is 5.75 Å². The summed E-state index contributed by atoms with van der Waals surface area (Å²) in [4.78, 5) is 19.0. The van der Waals surface area contributed by atoms with Gasteiger partial charge in [0.2, 0.25) is 0 Å². The average Bonchev–Trinajstić information content (AvgIpc) is 2.98. The molecule has 20 heavy (non-hydrogen) atoms. The van der Waals surface area contributed by atoms with E-state index in [9.17, 15) is 4.79 Å². The van der Waals surface area contributed by atoms with Gasteiger partial charge in [0.25, 0.3) is 5.91 Å². The summed E-state index contributed by atoms with van der Waals surface area (Å²) in [5, 5.41) is 2.89. The topological polar surface area (TPSA) is 67.0 Å². The molecule has 0 radical (unpaired) electrons. The van der Waals surface area contributed by atoms with Gasteiger partial charge >= 0.3 is 0 Å². The number of nitrogens with zero attached hydrogens (tertiary/aromatic N) is 1. The number of hydrogen-bond acceptors (Lipinski definition) is 3. The van der Waals surface area contributed by atoms with Crippen LogP contribution in [0.5, 0.6) is 5.75 Å². The van der Waals surface area contributed by atoms with Crippen molar-refractivity contribution in [3.63, 3.8) is 0 Å². The van der Waals surface area contributed by atoms with Gasteiger partial charge in [0.05, 0.1) is 6.04 Å². The lowest BCUT2D eigenvalue weighted by Crippen LogP contribution is -2.32. The Hall–Kier alpha value is -2.30. The number of aromatic nitrogens is 2. The van der Waals surface area contributed by atoms with Gasteiger partial charge in [-0.1, -0.05) is 24.6 Å². The zero-order valence-electron chi connectivity index (χ0n) is 11.7. The Labute approximate surface area is 118 Å². The molecule has 2 aromatic rings. The van der Waals surface area contributed by atoms with Crippen molar-refractivity contribution >= 4 is 5.91 Å². The summed E-state index contributed by atoms with van der Waals surface area (Å²) in [6.45, 7) is 4.00. The van der Waals surface area contributed by atoms with Crippen LogP contribution >= 0.6 is 0 Å². The third-order valence-corrected chi connectivity index (χ3v) is 2.98. The molecule has 5 heteroatoms. The van der Waals surface area contributed by atoms with Crippen molar-refractivity contribution in [1.82, 2.24) is 15.3 Å². The highest BCUT2D eigenvalue weighted by Gasteiger charge is 2.14. The molecule has 1 amide bonds. The lowest BCUT2D eigenvalue weighted by molar-refractivity contribution is -0.123. The summed E-state index contributed by atoms with van der Waals surface area (Å²) >= 11 is 0. The van der Waals surface area contributed by atoms with E-state index >= 15 is 0 Å². The van der Waals surface area contributed by atoms with E-state index in [1.807, 2.05) is 38.1 Å². The lowest BCUT2D eigenvalue weighted by Gasteiger charge is -2.15. The summed E-state index contributed by atoms with van der Waals surface area (Å²) in [5.41, 5.74) is 1.16. The fourth-order valence-corrected chi connectivity index (χ4v) is 1.85.